The van der Waals surface area contributed by atoms with Gasteiger partial charge in [-0.15, -0.1) is 9.90 Å². The van der Waals surface area contributed by atoms with Gasteiger partial charge in [-0.05, 0) is 40.8 Å². The first-order valence-electron chi connectivity index (χ1n) is 3.80. The summed E-state index contributed by atoms with van der Waals surface area (Å²) in [5.41, 5.74) is 6.30. The van der Waals surface area contributed by atoms with E-state index in [1.54, 1.807) is 6.07 Å². The Hall–Kier alpha value is -0.820. The highest BCUT2D eigenvalue weighted by atomic mass is 127. The molecule has 2 aromatic rings. The highest BCUT2D eigenvalue weighted by Gasteiger charge is 2.05. The van der Waals surface area contributed by atoms with Crippen molar-refractivity contribution < 1.29 is 0 Å². The number of hydrogen-bond acceptors (Lipinski definition) is 3. The molecular formula is C8H6ClIN4. The molecule has 0 amide bonds. The van der Waals surface area contributed by atoms with Gasteiger partial charge in [0, 0.05) is 8.59 Å². The zero-order valence-electron chi connectivity index (χ0n) is 6.98. The summed E-state index contributed by atoms with van der Waals surface area (Å²) in [5.74, 6) is 0.390. The average Bonchev–Trinajstić information content (AvgIpc) is 2.56. The lowest BCUT2D eigenvalue weighted by atomic mass is 10.3. The Labute approximate surface area is 99.2 Å². The summed E-state index contributed by atoms with van der Waals surface area (Å²) in [7, 11) is 0. The van der Waals surface area contributed by atoms with Crippen molar-refractivity contribution in [3.05, 3.63) is 33.0 Å². The first kappa shape index (κ1) is 9.72. The molecule has 4 nitrogen and oxygen atoms in total. The first-order valence-corrected chi connectivity index (χ1v) is 5.26. The summed E-state index contributed by atoms with van der Waals surface area (Å²) in [6.07, 6.45) is 1.50. The van der Waals surface area contributed by atoms with Crippen LogP contribution in [0.3, 0.4) is 0 Å². The van der Waals surface area contributed by atoms with E-state index >= 15 is 0 Å². The van der Waals surface area contributed by atoms with Crippen LogP contribution in [0, 0.1) is 3.57 Å². The number of hydrogen-bond donors (Lipinski definition) is 1. The Morgan fingerprint density at radius 1 is 1.43 bits per heavy atom. The molecule has 0 fully saturated rings. The monoisotopic (exact) mass is 320 g/mol. The third kappa shape index (κ3) is 1.83. The van der Waals surface area contributed by atoms with Gasteiger partial charge in [-0.25, -0.2) is 0 Å². The van der Waals surface area contributed by atoms with Gasteiger partial charge in [0.25, 0.3) is 0 Å². The highest BCUT2D eigenvalue weighted by molar-refractivity contribution is 14.1. The lowest BCUT2D eigenvalue weighted by molar-refractivity contribution is 0.751. The lowest BCUT2D eigenvalue weighted by Gasteiger charge is -2.02. The van der Waals surface area contributed by atoms with Crippen LogP contribution in [0.4, 0.5) is 5.82 Å². The lowest BCUT2D eigenvalue weighted by Crippen LogP contribution is -2.01. The smallest absolute Gasteiger partial charge is 0.166 e. The third-order valence-electron chi connectivity index (χ3n) is 1.63. The molecule has 2 rings (SSSR count). The predicted molar refractivity (Wildman–Crippen MR) is 63.5 cm³/mol. The second kappa shape index (κ2) is 3.74. The molecule has 2 N–H and O–H groups in total. The Morgan fingerprint density at radius 3 is 2.86 bits per heavy atom. The van der Waals surface area contributed by atoms with Crippen LogP contribution in [0.1, 0.15) is 0 Å². The number of anilines is 1. The van der Waals surface area contributed by atoms with E-state index in [9.17, 15) is 0 Å². The molecule has 0 saturated heterocycles. The SMILES string of the molecule is Nc1cnn(-c2cc(Cl)ccc2I)n1. The van der Waals surface area contributed by atoms with Gasteiger partial charge in [-0.2, -0.15) is 5.10 Å². The Kier molecular flexibility index (Phi) is 2.60. The molecule has 0 unspecified atom stereocenters. The summed E-state index contributed by atoms with van der Waals surface area (Å²) < 4.78 is 1.02. The van der Waals surface area contributed by atoms with Gasteiger partial charge < -0.3 is 5.73 Å². The van der Waals surface area contributed by atoms with Gasteiger partial charge in [0.05, 0.1) is 6.20 Å². The standard InChI is InChI=1S/C8H6ClIN4/c9-5-1-2-6(10)7(3-5)14-12-4-8(11)13-14/h1-4H,(H2,11,13). The second-order valence-corrected chi connectivity index (χ2v) is 4.25. The van der Waals surface area contributed by atoms with E-state index in [4.69, 9.17) is 17.3 Å². The molecule has 0 aliphatic carbocycles. The number of halogens is 2. The minimum absolute atomic E-state index is 0.390. The fourth-order valence-electron chi connectivity index (χ4n) is 1.03. The molecule has 6 heteroatoms. The summed E-state index contributed by atoms with van der Waals surface area (Å²) in [4.78, 5) is 1.46. The number of aromatic nitrogens is 3. The Bertz CT molecular complexity index is 468. The van der Waals surface area contributed by atoms with Crippen LogP contribution in [0.15, 0.2) is 24.4 Å². The number of nitrogen functional groups attached to an aromatic ring is 1. The van der Waals surface area contributed by atoms with Gasteiger partial charge in [0.2, 0.25) is 0 Å². The molecule has 1 aromatic heterocycles. The number of rotatable bonds is 1. The quantitative estimate of drug-likeness (QED) is 0.819. The van der Waals surface area contributed by atoms with Crippen molar-refractivity contribution in [3.8, 4) is 5.69 Å². The van der Waals surface area contributed by atoms with Gasteiger partial charge in [0.1, 0.15) is 5.69 Å². The van der Waals surface area contributed by atoms with E-state index in [-0.39, 0.29) is 0 Å². The van der Waals surface area contributed by atoms with Gasteiger partial charge in [-0.1, -0.05) is 11.6 Å². The minimum atomic E-state index is 0.390. The van der Waals surface area contributed by atoms with Crippen LogP contribution in [0.25, 0.3) is 5.69 Å². The van der Waals surface area contributed by atoms with Crippen LogP contribution in [0.5, 0.6) is 0 Å². The van der Waals surface area contributed by atoms with Crippen molar-refractivity contribution in [1.82, 2.24) is 15.0 Å². The summed E-state index contributed by atoms with van der Waals surface area (Å²) >= 11 is 8.06. The molecule has 0 saturated carbocycles. The van der Waals surface area contributed by atoms with E-state index in [1.165, 1.54) is 11.0 Å². The largest absolute Gasteiger partial charge is 0.381 e. The average molecular weight is 321 g/mol. The Morgan fingerprint density at radius 2 is 2.21 bits per heavy atom. The van der Waals surface area contributed by atoms with Crippen molar-refractivity contribution >= 4 is 40.0 Å². The first-order chi connectivity index (χ1) is 6.66. The maximum atomic E-state index is 5.87. The maximum absolute atomic E-state index is 5.87. The fraction of sp³-hybridized carbons (Fsp3) is 0. The summed E-state index contributed by atoms with van der Waals surface area (Å²) in [6, 6.07) is 5.51. The van der Waals surface area contributed by atoms with Crippen LogP contribution in [0.2, 0.25) is 5.02 Å². The van der Waals surface area contributed by atoms with Crippen molar-refractivity contribution in [3.63, 3.8) is 0 Å². The van der Waals surface area contributed by atoms with E-state index < -0.39 is 0 Å². The van der Waals surface area contributed by atoms with Crippen LogP contribution in [-0.4, -0.2) is 15.0 Å². The van der Waals surface area contributed by atoms with E-state index in [0.29, 0.717) is 10.8 Å². The van der Waals surface area contributed by atoms with Gasteiger partial charge in [0.15, 0.2) is 5.82 Å². The zero-order valence-corrected chi connectivity index (χ0v) is 9.90. The van der Waals surface area contributed by atoms with Crippen LogP contribution >= 0.6 is 34.2 Å². The van der Waals surface area contributed by atoms with Crippen molar-refractivity contribution in [2.24, 2.45) is 0 Å². The molecule has 1 aromatic carbocycles. The molecule has 72 valence electrons. The molecule has 0 bridgehead atoms. The molecule has 0 radical (unpaired) electrons. The number of benzene rings is 1. The second-order valence-electron chi connectivity index (χ2n) is 2.65. The van der Waals surface area contributed by atoms with Crippen LogP contribution < -0.4 is 5.73 Å². The minimum Gasteiger partial charge on any atom is -0.381 e. The molecule has 0 aliphatic heterocycles. The highest BCUT2D eigenvalue weighted by Crippen LogP contribution is 2.20. The zero-order chi connectivity index (χ0) is 10.1. The summed E-state index contributed by atoms with van der Waals surface area (Å²) in [6.45, 7) is 0. The van der Waals surface area contributed by atoms with Crippen molar-refractivity contribution in [1.29, 1.82) is 0 Å². The third-order valence-corrected chi connectivity index (χ3v) is 2.78. The Balaban J connectivity index is 2.55. The number of nitrogens with two attached hydrogens (primary N) is 1. The van der Waals surface area contributed by atoms with Crippen molar-refractivity contribution in [2.45, 2.75) is 0 Å². The van der Waals surface area contributed by atoms with E-state index in [0.717, 1.165) is 9.26 Å². The van der Waals surface area contributed by atoms with Crippen LogP contribution in [-0.2, 0) is 0 Å². The predicted octanol–water partition coefficient (Wildman–Crippen LogP) is 2.11. The number of nitrogens with zero attached hydrogens (tertiary/aromatic N) is 3. The van der Waals surface area contributed by atoms with Crippen molar-refractivity contribution in [2.75, 3.05) is 5.73 Å². The summed E-state index contributed by atoms with van der Waals surface area (Å²) in [5, 5.41) is 8.66. The van der Waals surface area contributed by atoms with Gasteiger partial charge in [-0.3, -0.25) is 0 Å². The van der Waals surface area contributed by atoms with E-state index in [1.807, 2.05) is 12.1 Å². The molecular weight excluding hydrogens is 314 g/mol. The molecule has 0 aliphatic rings. The topological polar surface area (TPSA) is 56.7 Å². The van der Waals surface area contributed by atoms with Gasteiger partial charge >= 0.3 is 0 Å². The normalized spacial score (nSPS) is 10.4. The van der Waals surface area contributed by atoms with E-state index in [2.05, 4.69) is 32.8 Å². The molecule has 0 atom stereocenters. The molecule has 14 heavy (non-hydrogen) atoms. The molecule has 0 spiro atoms. The maximum Gasteiger partial charge on any atom is 0.166 e. The fourth-order valence-corrected chi connectivity index (χ4v) is 1.75. The molecule has 1 heterocycles.